The van der Waals surface area contributed by atoms with Crippen LogP contribution in [-0.4, -0.2) is 28.8 Å². The van der Waals surface area contributed by atoms with Crippen molar-refractivity contribution in [1.29, 1.82) is 0 Å². The molecule has 3 rings (SSSR count). The molecule has 1 unspecified atom stereocenters. The van der Waals surface area contributed by atoms with Crippen molar-refractivity contribution < 1.29 is 9.18 Å². The molecule has 1 aliphatic heterocycles. The van der Waals surface area contributed by atoms with Crippen molar-refractivity contribution in [3.63, 3.8) is 0 Å². The van der Waals surface area contributed by atoms with Gasteiger partial charge in [0.1, 0.15) is 17.2 Å². The van der Waals surface area contributed by atoms with Gasteiger partial charge < -0.3 is 16.4 Å². The summed E-state index contributed by atoms with van der Waals surface area (Å²) in [5.41, 5.74) is 7.46. The highest BCUT2D eigenvalue weighted by Crippen LogP contribution is 2.29. The zero-order valence-electron chi connectivity index (χ0n) is 12.6. The smallest absolute Gasteiger partial charge is 0.261 e. The predicted molar refractivity (Wildman–Crippen MR) is 87.2 cm³/mol. The number of nitrogens with one attached hydrogen (secondary N) is 2. The molecule has 0 radical (unpaired) electrons. The Kier molecular flexibility index (Phi) is 4.23. The van der Waals surface area contributed by atoms with Crippen molar-refractivity contribution in [3.8, 4) is 0 Å². The van der Waals surface area contributed by atoms with E-state index in [-0.39, 0.29) is 16.8 Å². The van der Waals surface area contributed by atoms with Crippen LogP contribution in [0.15, 0.2) is 18.2 Å². The van der Waals surface area contributed by atoms with Gasteiger partial charge in [-0.15, -0.1) is 0 Å². The van der Waals surface area contributed by atoms with Crippen molar-refractivity contribution in [1.82, 2.24) is 15.1 Å². The number of aromatic nitrogens is 2. The summed E-state index contributed by atoms with van der Waals surface area (Å²) in [5, 5.41) is 10.3. The third-order valence-electron chi connectivity index (χ3n) is 3.97. The van der Waals surface area contributed by atoms with Gasteiger partial charge in [-0.05, 0) is 31.2 Å². The highest BCUT2D eigenvalue weighted by molar-refractivity contribution is 6.31. The minimum absolute atomic E-state index is 0.0535. The summed E-state index contributed by atoms with van der Waals surface area (Å²) < 4.78 is 14.7. The first kappa shape index (κ1) is 15.8. The standard InChI is InChI=1S/C15H17ClFN5O/c1-22-14(18)12(13(21-22)8-4-5-19-7-8)15(23)20-9-2-3-11(17)10(16)6-9/h2-3,6,8,19H,4-5,7,18H2,1H3,(H,20,23). The van der Waals surface area contributed by atoms with Crippen LogP contribution in [-0.2, 0) is 7.05 Å². The maximum atomic E-state index is 13.2. The summed E-state index contributed by atoms with van der Waals surface area (Å²) >= 11 is 5.74. The van der Waals surface area contributed by atoms with Crippen LogP contribution in [0.5, 0.6) is 0 Å². The fraction of sp³-hybridized carbons (Fsp3) is 0.333. The average molecular weight is 338 g/mol. The summed E-state index contributed by atoms with van der Waals surface area (Å²) in [4.78, 5) is 12.6. The Hall–Kier alpha value is -2.12. The number of aryl methyl sites for hydroxylation is 1. The van der Waals surface area contributed by atoms with E-state index in [0.29, 0.717) is 22.8 Å². The van der Waals surface area contributed by atoms with Gasteiger partial charge in [0.2, 0.25) is 0 Å². The predicted octanol–water partition coefficient (Wildman–Crippen LogP) is 2.12. The van der Waals surface area contributed by atoms with Gasteiger partial charge in [-0.25, -0.2) is 4.39 Å². The Morgan fingerprint density at radius 3 is 3.00 bits per heavy atom. The summed E-state index contributed by atoms with van der Waals surface area (Å²) in [6.45, 7) is 1.65. The number of nitrogens with two attached hydrogens (primary N) is 1. The molecule has 0 saturated carbocycles. The van der Waals surface area contributed by atoms with Gasteiger partial charge in [0.25, 0.3) is 5.91 Å². The number of benzene rings is 1. The van der Waals surface area contributed by atoms with Gasteiger partial charge in [-0.2, -0.15) is 5.10 Å². The number of carbonyl (C=O) groups is 1. The van der Waals surface area contributed by atoms with Crippen molar-refractivity contribution in [3.05, 3.63) is 40.3 Å². The lowest BCUT2D eigenvalue weighted by Gasteiger charge is -2.10. The third-order valence-corrected chi connectivity index (χ3v) is 4.26. The van der Waals surface area contributed by atoms with Crippen LogP contribution in [0.4, 0.5) is 15.9 Å². The third kappa shape index (κ3) is 3.02. The summed E-state index contributed by atoms with van der Waals surface area (Å²) in [6.07, 6.45) is 0.902. The highest BCUT2D eigenvalue weighted by atomic mass is 35.5. The van der Waals surface area contributed by atoms with Gasteiger partial charge in [0.15, 0.2) is 0 Å². The van der Waals surface area contributed by atoms with E-state index in [1.807, 2.05) is 0 Å². The van der Waals surface area contributed by atoms with Gasteiger partial charge >= 0.3 is 0 Å². The molecule has 1 atom stereocenters. The monoisotopic (exact) mass is 337 g/mol. The van der Waals surface area contributed by atoms with Crippen LogP contribution in [0.3, 0.4) is 0 Å². The van der Waals surface area contributed by atoms with E-state index in [9.17, 15) is 9.18 Å². The molecule has 1 saturated heterocycles. The molecule has 1 aromatic heterocycles. The lowest BCUT2D eigenvalue weighted by Crippen LogP contribution is -2.17. The van der Waals surface area contributed by atoms with Crippen LogP contribution in [0.1, 0.15) is 28.4 Å². The lowest BCUT2D eigenvalue weighted by atomic mass is 10.00. The Morgan fingerprint density at radius 2 is 2.35 bits per heavy atom. The average Bonchev–Trinajstić information content (AvgIpc) is 3.12. The molecule has 122 valence electrons. The number of carbonyl (C=O) groups excluding carboxylic acids is 1. The van der Waals surface area contributed by atoms with Crippen molar-refractivity contribution in [2.24, 2.45) is 7.05 Å². The van der Waals surface area contributed by atoms with Crippen LogP contribution < -0.4 is 16.4 Å². The molecule has 0 bridgehead atoms. The number of nitrogens with zero attached hydrogens (tertiary/aromatic N) is 2. The summed E-state index contributed by atoms with van der Waals surface area (Å²) in [7, 11) is 1.70. The SMILES string of the molecule is Cn1nc(C2CCNC2)c(C(=O)Nc2ccc(F)c(Cl)c2)c1N. The van der Waals surface area contributed by atoms with Crippen LogP contribution in [0, 0.1) is 5.82 Å². The Bertz CT molecular complexity index is 755. The molecule has 23 heavy (non-hydrogen) atoms. The van der Waals surface area contributed by atoms with Gasteiger partial charge in [0.05, 0.1) is 10.7 Å². The lowest BCUT2D eigenvalue weighted by molar-refractivity contribution is 0.102. The van der Waals surface area contributed by atoms with E-state index in [1.165, 1.54) is 22.9 Å². The number of hydrogen-bond donors (Lipinski definition) is 3. The molecule has 2 heterocycles. The summed E-state index contributed by atoms with van der Waals surface area (Å²) in [6, 6.07) is 4.01. The second-order valence-electron chi connectivity index (χ2n) is 5.54. The van der Waals surface area contributed by atoms with Gasteiger partial charge in [0, 0.05) is 25.2 Å². The van der Waals surface area contributed by atoms with Crippen molar-refractivity contribution >= 4 is 29.0 Å². The zero-order valence-corrected chi connectivity index (χ0v) is 13.3. The van der Waals surface area contributed by atoms with E-state index < -0.39 is 5.82 Å². The van der Waals surface area contributed by atoms with E-state index >= 15 is 0 Å². The molecule has 6 nitrogen and oxygen atoms in total. The zero-order chi connectivity index (χ0) is 16.6. The number of hydrogen-bond acceptors (Lipinski definition) is 4. The van der Waals surface area contributed by atoms with Gasteiger partial charge in [-0.1, -0.05) is 11.6 Å². The first-order chi connectivity index (χ1) is 11.0. The molecule has 2 aromatic rings. The highest BCUT2D eigenvalue weighted by Gasteiger charge is 2.28. The molecule has 8 heteroatoms. The quantitative estimate of drug-likeness (QED) is 0.801. The largest absolute Gasteiger partial charge is 0.383 e. The van der Waals surface area contributed by atoms with E-state index in [1.54, 1.807) is 7.05 Å². The van der Waals surface area contributed by atoms with Crippen molar-refractivity contribution in [2.45, 2.75) is 12.3 Å². The molecule has 1 amide bonds. The fourth-order valence-electron chi connectivity index (χ4n) is 2.73. The molecule has 4 N–H and O–H groups in total. The second-order valence-corrected chi connectivity index (χ2v) is 5.95. The molecule has 0 spiro atoms. The number of amides is 1. The van der Waals surface area contributed by atoms with E-state index in [0.717, 1.165) is 19.5 Å². The van der Waals surface area contributed by atoms with Crippen LogP contribution in [0.2, 0.25) is 5.02 Å². The topological polar surface area (TPSA) is 85.0 Å². The van der Waals surface area contributed by atoms with Crippen LogP contribution in [0.25, 0.3) is 0 Å². The Labute approximate surface area is 137 Å². The number of halogens is 2. The number of nitrogen functional groups attached to an aromatic ring is 1. The number of anilines is 2. The second kappa shape index (κ2) is 6.17. The molecule has 1 fully saturated rings. The minimum atomic E-state index is -0.539. The number of rotatable bonds is 3. The molecular formula is C15H17ClFN5O. The fourth-order valence-corrected chi connectivity index (χ4v) is 2.91. The molecule has 1 aliphatic rings. The maximum Gasteiger partial charge on any atom is 0.261 e. The Balaban J connectivity index is 1.90. The van der Waals surface area contributed by atoms with Crippen molar-refractivity contribution in [2.75, 3.05) is 24.1 Å². The van der Waals surface area contributed by atoms with E-state index in [4.69, 9.17) is 17.3 Å². The van der Waals surface area contributed by atoms with Crippen LogP contribution >= 0.6 is 11.6 Å². The Morgan fingerprint density at radius 1 is 1.57 bits per heavy atom. The maximum absolute atomic E-state index is 13.2. The van der Waals surface area contributed by atoms with Gasteiger partial charge in [-0.3, -0.25) is 9.48 Å². The minimum Gasteiger partial charge on any atom is -0.383 e. The molecular weight excluding hydrogens is 321 g/mol. The summed E-state index contributed by atoms with van der Waals surface area (Å²) in [5.74, 6) is -0.461. The first-order valence-electron chi connectivity index (χ1n) is 7.27. The van der Waals surface area contributed by atoms with E-state index in [2.05, 4.69) is 15.7 Å². The molecule has 1 aromatic carbocycles. The normalized spacial score (nSPS) is 17.4. The molecule has 0 aliphatic carbocycles. The first-order valence-corrected chi connectivity index (χ1v) is 7.64.